The van der Waals surface area contributed by atoms with Crippen molar-refractivity contribution in [3.05, 3.63) is 200 Å². The highest BCUT2D eigenvalue weighted by Gasteiger charge is 2.39. The zero-order valence-corrected chi connectivity index (χ0v) is 29.9. The van der Waals surface area contributed by atoms with Crippen molar-refractivity contribution in [3.8, 4) is 45.3 Å². The lowest BCUT2D eigenvalue weighted by molar-refractivity contribution is 0.746. The van der Waals surface area contributed by atoms with Gasteiger partial charge in [-0.2, -0.15) is 0 Å². The van der Waals surface area contributed by atoms with E-state index >= 15 is 0 Å². The highest BCUT2D eigenvalue weighted by Crippen LogP contribution is 2.53. The maximum atomic E-state index is 5.25. The molecule has 8 aromatic carbocycles. The number of aromatic nitrogens is 3. The molecule has 0 amide bonds. The van der Waals surface area contributed by atoms with Crippen molar-refractivity contribution >= 4 is 43.7 Å². The number of nitrogens with zero attached hydrogens (tertiary/aromatic N) is 4. The van der Waals surface area contributed by atoms with Crippen molar-refractivity contribution < 1.29 is 0 Å². The second-order valence-corrected chi connectivity index (χ2v) is 14.4. The maximum absolute atomic E-state index is 5.25. The molecule has 1 aliphatic carbocycles. The quantitative estimate of drug-likeness (QED) is 0.179. The first-order valence-electron chi connectivity index (χ1n) is 18.9. The summed E-state index contributed by atoms with van der Waals surface area (Å²) in [5.41, 5.74) is 9.09. The third-order valence-electron chi connectivity index (χ3n) is 11.2. The number of anilines is 2. The normalized spacial score (nSPS) is 15.8. The van der Waals surface area contributed by atoms with Gasteiger partial charge in [-0.25, -0.2) is 15.0 Å². The second kappa shape index (κ2) is 12.8. The molecule has 0 spiro atoms. The van der Waals surface area contributed by atoms with Gasteiger partial charge in [-0.3, -0.25) is 0 Å². The van der Waals surface area contributed by atoms with Gasteiger partial charge in [0.15, 0.2) is 17.5 Å². The molecule has 2 aliphatic rings. The lowest BCUT2D eigenvalue weighted by Crippen LogP contribution is -2.29. The van der Waals surface area contributed by atoms with Crippen LogP contribution in [0.3, 0.4) is 0 Å². The molecular weight excluding hydrogens is 669 g/mol. The summed E-state index contributed by atoms with van der Waals surface area (Å²) >= 11 is 0. The van der Waals surface area contributed by atoms with Crippen molar-refractivity contribution in [2.45, 2.75) is 12.0 Å². The Labute approximate surface area is 319 Å². The summed E-state index contributed by atoms with van der Waals surface area (Å²) in [4.78, 5) is 18.2. The summed E-state index contributed by atoms with van der Waals surface area (Å²) in [6.45, 7) is 0. The summed E-state index contributed by atoms with van der Waals surface area (Å²) in [7, 11) is 0. The minimum Gasteiger partial charge on any atom is -0.332 e. The van der Waals surface area contributed by atoms with Crippen LogP contribution >= 0.6 is 0 Å². The van der Waals surface area contributed by atoms with E-state index in [0.29, 0.717) is 17.5 Å². The Morgan fingerprint density at radius 2 is 1.00 bits per heavy atom. The van der Waals surface area contributed by atoms with Crippen LogP contribution in [-0.4, -0.2) is 21.0 Å². The molecule has 1 aliphatic heterocycles. The Hall–Kier alpha value is -7.17. The number of hydrogen-bond acceptors (Lipinski definition) is 4. The van der Waals surface area contributed by atoms with E-state index in [1.165, 1.54) is 33.2 Å². The Kier molecular flexibility index (Phi) is 7.27. The van der Waals surface area contributed by atoms with Crippen LogP contribution in [0.25, 0.3) is 77.6 Å². The molecule has 9 aromatic rings. The number of para-hydroxylation sites is 1. The van der Waals surface area contributed by atoms with Crippen LogP contribution in [-0.2, 0) is 0 Å². The van der Waals surface area contributed by atoms with Crippen LogP contribution in [0.15, 0.2) is 194 Å². The van der Waals surface area contributed by atoms with Crippen molar-refractivity contribution in [3.63, 3.8) is 0 Å². The lowest BCUT2D eigenvalue weighted by Gasteiger charge is -2.31. The Morgan fingerprint density at radius 1 is 0.400 bits per heavy atom. The number of fused-ring (bicyclic) bond motifs is 6. The van der Waals surface area contributed by atoms with E-state index in [1.807, 2.05) is 0 Å². The van der Waals surface area contributed by atoms with Crippen molar-refractivity contribution in [1.29, 1.82) is 0 Å². The maximum Gasteiger partial charge on any atom is 0.164 e. The third kappa shape index (κ3) is 5.25. The molecule has 2 unspecified atom stereocenters. The average molecular weight is 703 g/mol. The lowest BCUT2D eigenvalue weighted by atomic mass is 9.90. The van der Waals surface area contributed by atoms with Crippen LogP contribution < -0.4 is 4.90 Å². The van der Waals surface area contributed by atoms with E-state index in [-0.39, 0.29) is 12.0 Å². The zero-order chi connectivity index (χ0) is 36.3. The molecule has 55 heavy (non-hydrogen) atoms. The molecule has 11 rings (SSSR count). The van der Waals surface area contributed by atoms with Gasteiger partial charge in [0, 0.05) is 39.2 Å². The molecule has 2 heterocycles. The van der Waals surface area contributed by atoms with E-state index in [1.54, 1.807) is 0 Å². The Bertz CT molecular complexity index is 2920. The number of hydrogen-bond donors (Lipinski definition) is 0. The van der Waals surface area contributed by atoms with Crippen LogP contribution in [0.2, 0.25) is 0 Å². The Balaban J connectivity index is 1.12. The first-order chi connectivity index (χ1) is 27.3. The molecule has 0 fully saturated rings. The number of benzene rings is 8. The largest absolute Gasteiger partial charge is 0.332 e. The van der Waals surface area contributed by atoms with Crippen molar-refractivity contribution in [2.24, 2.45) is 0 Å². The molecule has 2 atom stereocenters. The van der Waals surface area contributed by atoms with Gasteiger partial charge in [0.2, 0.25) is 0 Å². The van der Waals surface area contributed by atoms with Gasteiger partial charge in [-0.15, -0.1) is 0 Å². The van der Waals surface area contributed by atoms with Crippen LogP contribution in [0.4, 0.5) is 11.4 Å². The van der Waals surface area contributed by atoms with Gasteiger partial charge < -0.3 is 4.90 Å². The van der Waals surface area contributed by atoms with Gasteiger partial charge in [-0.1, -0.05) is 170 Å². The van der Waals surface area contributed by atoms with Gasteiger partial charge in [0.1, 0.15) is 0 Å². The van der Waals surface area contributed by atoms with Crippen LogP contribution in [0, 0.1) is 0 Å². The van der Waals surface area contributed by atoms with E-state index in [2.05, 4.69) is 199 Å². The fourth-order valence-electron chi connectivity index (χ4n) is 8.61. The van der Waals surface area contributed by atoms with E-state index < -0.39 is 0 Å². The summed E-state index contributed by atoms with van der Waals surface area (Å²) in [5.74, 6) is 2.19. The minimum atomic E-state index is 0.148. The summed E-state index contributed by atoms with van der Waals surface area (Å²) in [6, 6.07) is 60.6. The monoisotopic (exact) mass is 702 g/mol. The van der Waals surface area contributed by atoms with Crippen LogP contribution in [0.1, 0.15) is 11.5 Å². The number of allylic oxidation sites excluding steroid dienone is 2. The van der Waals surface area contributed by atoms with Gasteiger partial charge in [0.05, 0.1) is 11.7 Å². The molecule has 0 saturated carbocycles. The molecule has 1 aromatic heterocycles. The fraction of sp³-hybridized carbons (Fsp3) is 0.0392. The highest BCUT2D eigenvalue weighted by molar-refractivity contribution is 6.06. The molecule has 0 radical (unpaired) electrons. The summed E-state index contributed by atoms with van der Waals surface area (Å²) in [6.07, 6.45) is 9.07. The number of rotatable bonds is 5. The second-order valence-electron chi connectivity index (χ2n) is 14.4. The van der Waals surface area contributed by atoms with Crippen LogP contribution in [0.5, 0.6) is 0 Å². The minimum absolute atomic E-state index is 0.148. The van der Waals surface area contributed by atoms with Crippen molar-refractivity contribution in [1.82, 2.24) is 15.0 Å². The predicted octanol–water partition coefficient (Wildman–Crippen LogP) is 12.7. The topological polar surface area (TPSA) is 41.9 Å². The molecular formula is C51H34N4. The summed E-state index contributed by atoms with van der Waals surface area (Å²) < 4.78 is 0. The SMILES string of the molecule is C1=CC2c3cccc(-c4ccccc4)c3N(c3ccc(-c4nc(-c5ccc6ccccc6c5)nc(-c5ccc6ccccc6c5)n4)c4ccccc34)C2C=C1. The predicted molar refractivity (Wildman–Crippen MR) is 227 cm³/mol. The van der Waals surface area contributed by atoms with Gasteiger partial charge in [0.25, 0.3) is 0 Å². The molecule has 0 N–H and O–H groups in total. The fourth-order valence-corrected chi connectivity index (χ4v) is 8.61. The molecule has 0 bridgehead atoms. The van der Waals surface area contributed by atoms with Gasteiger partial charge in [-0.05, 0) is 62.3 Å². The van der Waals surface area contributed by atoms with Crippen molar-refractivity contribution in [2.75, 3.05) is 4.90 Å². The van der Waals surface area contributed by atoms with Gasteiger partial charge >= 0.3 is 0 Å². The Morgan fingerprint density at radius 3 is 1.71 bits per heavy atom. The van der Waals surface area contributed by atoms with E-state index in [4.69, 9.17) is 15.0 Å². The van der Waals surface area contributed by atoms with E-state index in [9.17, 15) is 0 Å². The standard InChI is InChI=1S/C51H34N4/c1-2-15-35(16-3-1)40-22-12-23-44-43-21-10-11-24-46(43)55(48(40)44)47-30-29-45(41-19-8-9-20-42(41)47)51-53-49(38-27-25-33-13-4-6-17-36(33)31-38)52-50(54-51)39-28-26-34-14-5-7-18-37(34)32-39/h1-32,43,46H. The average Bonchev–Trinajstić information content (AvgIpc) is 3.60. The summed E-state index contributed by atoms with van der Waals surface area (Å²) in [5, 5.41) is 6.90. The molecule has 4 nitrogen and oxygen atoms in total. The molecule has 4 heteroatoms. The third-order valence-corrected chi connectivity index (χ3v) is 11.2. The first kappa shape index (κ1) is 31.4. The highest BCUT2D eigenvalue weighted by atomic mass is 15.2. The molecule has 0 saturated heterocycles. The van der Waals surface area contributed by atoms with E-state index in [0.717, 1.165) is 43.9 Å². The zero-order valence-electron chi connectivity index (χ0n) is 29.9. The first-order valence-corrected chi connectivity index (χ1v) is 18.9. The molecule has 258 valence electrons. The smallest absolute Gasteiger partial charge is 0.164 e.